The van der Waals surface area contributed by atoms with E-state index in [1.54, 1.807) is 57.2 Å². The Kier molecular flexibility index (Phi) is 8.07. The lowest BCUT2D eigenvalue weighted by atomic mass is 9.85. The molecule has 1 atom stereocenters. The van der Waals surface area contributed by atoms with Crippen molar-refractivity contribution >= 4 is 45.7 Å². The predicted octanol–water partition coefficient (Wildman–Crippen LogP) is 5.66. The quantitative estimate of drug-likeness (QED) is 0.454. The summed E-state index contributed by atoms with van der Waals surface area (Å²) in [5.74, 6) is -1.46. The first-order valence-corrected chi connectivity index (χ1v) is 10.4. The van der Waals surface area contributed by atoms with Crippen LogP contribution in [0.2, 0.25) is 10.0 Å². The second kappa shape index (κ2) is 10.1. The highest BCUT2D eigenvalue weighted by atomic mass is 35.5. The Morgan fingerprint density at radius 3 is 2.10 bits per heavy atom. The van der Waals surface area contributed by atoms with Crippen LogP contribution in [0.4, 0.5) is 0 Å². The molecule has 3 aromatic rings. The molecule has 0 saturated heterocycles. The number of halogens is 2. The van der Waals surface area contributed by atoms with Gasteiger partial charge in [-0.2, -0.15) is 0 Å². The van der Waals surface area contributed by atoms with Gasteiger partial charge >= 0.3 is 5.97 Å². The normalized spacial score (nSPS) is 12.6. The maximum atomic E-state index is 11.4. The summed E-state index contributed by atoms with van der Waals surface area (Å²) in [7, 11) is 0. The Hall–Kier alpha value is -2.60. The minimum Gasteiger partial charge on any atom is -0.507 e. The van der Waals surface area contributed by atoms with Crippen LogP contribution in [0, 0.1) is 6.92 Å². The number of fused-ring (bicyclic) bond motifs is 1. The number of rotatable bonds is 5. The van der Waals surface area contributed by atoms with Gasteiger partial charge in [-0.25, -0.2) is 4.79 Å². The third kappa shape index (κ3) is 5.76. The Balaban J connectivity index is 0.000000262. The number of phenolic OH excluding ortho intramolecular Hbond substituents is 1. The van der Waals surface area contributed by atoms with Crippen molar-refractivity contribution in [3.05, 3.63) is 75.3 Å². The molecule has 5 nitrogen and oxygen atoms in total. The number of aliphatic carboxylic acids is 1. The SMILES string of the molecule is CC(=O)Cc1ccc(Cl)cc1.CCC(O)(C(=O)O)c1c(C)cc2ccc(Cl)cc2c1O. The Labute approximate surface area is 190 Å². The molecule has 1 unspecified atom stereocenters. The van der Waals surface area contributed by atoms with Crippen molar-refractivity contribution in [3.8, 4) is 5.75 Å². The van der Waals surface area contributed by atoms with E-state index in [1.165, 1.54) is 0 Å². The largest absolute Gasteiger partial charge is 0.507 e. The van der Waals surface area contributed by atoms with Crippen LogP contribution >= 0.6 is 23.2 Å². The number of phenols is 1. The lowest BCUT2D eigenvalue weighted by Gasteiger charge is -2.26. The topological polar surface area (TPSA) is 94.8 Å². The monoisotopic (exact) mass is 462 g/mol. The maximum absolute atomic E-state index is 11.4. The number of hydrogen-bond donors (Lipinski definition) is 3. The predicted molar refractivity (Wildman–Crippen MR) is 123 cm³/mol. The van der Waals surface area contributed by atoms with Crippen LogP contribution in [0.3, 0.4) is 0 Å². The number of aliphatic hydroxyl groups is 1. The van der Waals surface area contributed by atoms with Crippen molar-refractivity contribution in [2.24, 2.45) is 0 Å². The molecule has 0 saturated carbocycles. The highest BCUT2D eigenvalue weighted by Crippen LogP contribution is 2.40. The zero-order valence-corrected chi connectivity index (χ0v) is 19.0. The van der Waals surface area contributed by atoms with Gasteiger partial charge in [-0.3, -0.25) is 4.79 Å². The first-order chi connectivity index (χ1) is 14.5. The minimum atomic E-state index is -2.12. The van der Waals surface area contributed by atoms with Crippen LogP contribution in [0.5, 0.6) is 5.75 Å². The van der Waals surface area contributed by atoms with Crippen LogP contribution in [0.1, 0.15) is 37.0 Å². The number of ketones is 1. The van der Waals surface area contributed by atoms with Crippen molar-refractivity contribution in [3.63, 3.8) is 0 Å². The first-order valence-electron chi connectivity index (χ1n) is 9.61. The van der Waals surface area contributed by atoms with E-state index in [0.717, 1.165) is 10.9 Å². The third-order valence-electron chi connectivity index (χ3n) is 4.92. The van der Waals surface area contributed by atoms with Crippen molar-refractivity contribution in [2.45, 2.75) is 39.2 Å². The average molecular weight is 463 g/mol. The number of carbonyl (C=O) groups excluding carboxylic acids is 1. The number of hydrogen-bond acceptors (Lipinski definition) is 4. The molecular formula is C24H24Cl2O5. The van der Waals surface area contributed by atoms with Crippen molar-refractivity contribution in [1.82, 2.24) is 0 Å². The number of carboxylic acids is 1. The Morgan fingerprint density at radius 2 is 1.58 bits per heavy atom. The molecule has 0 spiro atoms. The molecule has 0 aliphatic heterocycles. The van der Waals surface area contributed by atoms with Gasteiger partial charge in [0.05, 0.1) is 0 Å². The fraction of sp³-hybridized carbons (Fsp3) is 0.250. The summed E-state index contributed by atoms with van der Waals surface area (Å²) in [6.45, 7) is 4.79. The van der Waals surface area contributed by atoms with Gasteiger partial charge in [0.2, 0.25) is 0 Å². The van der Waals surface area contributed by atoms with E-state index in [2.05, 4.69) is 0 Å². The van der Waals surface area contributed by atoms with Crippen LogP contribution < -0.4 is 0 Å². The van der Waals surface area contributed by atoms with Crippen LogP contribution in [0.25, 0.3) is 10.8 Å². The molecule has 0 aliphatic rings. The summed E-state index contributed by atoms with van der Waals surface area (Å²) < 4.78 is 0. The highest BCUT2D eigenvalue weighted by molar-refractivity contribution is 6.31. The number of carbonyl (C=O) groups is 2. The molecule has 3 rings (SSSR count). The third-order valence-corrected chi connectivity index (χ3v) is 5.41. The van der Waals surface area contributed by atoms with E-state index in [0.29, 0.717) is 27.4 Å². The van der Waals surface area contributed by atoms with Gasteiger partial charge in [0.15, 0.2) is 5.60 Å². The van der Waals surface area contributed by atoms with Gasteiger partial charge < -0.3 is 15.3 Å². The number of carboxylic acid groups (broad SMARTS) is 1. The zero-order valence-electron chi connectivity index (χ0n) is 17.4. The number of Topliss-reactive ketones (excluding diaryl/α,β-unsaturated/α-hetero) is 1. The molecule has 0 fully saturated rings. The lowest BCUT2D eigenvalue weighted by molar-refractivity contribution is -0.160. The van der Waals surface area contributed by atoms with Crippen LogP contribution in [-0.2, 0) is 21.6 Å². The van der Waals surface area contributed by atoms with Gasteiger partial charge in [-0.15, -0.1) is 0 Å². The van der Waals surface area contributed by atoms with Crippen molar-refractivity contribution in [2.75, 3.05) is 0 Å². The number of aromatic hydroxyl groups is 1. The summed E-state index contributed by atoms with van der Waals surface area (Å²) in [5, 5.41) is 32.3. The van der Waals surface area contributed by atoms with Gasteiger partial charge in [0.25, 0.3) is 0 Å². The second-order valence-electron chi connectivity index (χ2n) is 7.31. The number of aryl methyl sites for hydroxylation is 1. The molecule has 0 aromatic heterocycles. The van der Waals surface area contributed by atoms with Gasteiger partial charge in [-0.05, 0) is 61.0 Å². The molecule has 164 valence electrons. The Morgan fingerprint density at radius 1 is 1.00 bits per heavy atom. The first kappa shape index (κ1) is 24.7. The molecule has 31 heavy (non-hydrogen) atoms. The van der Waals surface area contributed by atoms with Gasteiger partial charge in [-0.1, -0.05) is 54.4 Å². The lowest BCUT2D eigenvalue weighted by Crippen LogP contribution is -2.35. The fourth-order valence-corrected chi connectivity index (χ4v) is 3.63. The summed E-state index contributed by atoms with van der Waals surface area (Å²) in [6.07, 6.45) is 0.444. The molecule has 3 N–H and O–H groups in total. The number of benzene rings is 3. The van der Waals surface area contributed by atoms with E-state index in [-0.39, 0.29) is 23.5 Å². The zero-order chi connectivity index (χ0) is 23.3. The molecule has 0 amide bonds. The minimum absolute atomic E-state index is 0.0160. The average Bonchev–Trinajstić information content (AvgIpc) is 2.70. The highest BCUT2D eigenvalue weighted by Gasteiger charge is 2.40. The van der Waals surface area contributed by atoms with Gasteiger partial charge in [0.1, 0.15) is 11.5 Å². The molecular weight excluding hydrogens is 439 g/mol. The summed E-state index contributed by atoms with van der Waals surface area (Å²) >= 11 is 11.6. The van der Waals surface area contributed by atoms with Crippen LogP contribution in [-0.4, -0.2) is 27.1 Å². The molecule has 0 radical (unpaired) electrons. The molecule has 0 bridgehead atoms. The second-order valence-corrected chi connectivity index (χ2v) is 8.18. The maximum Gasteiger partial charge on any atom is 0.340 e. The van der Waals surface area contributed by atoms with E-state index in [4.69, 9.17) is 23.2 Å². The van der Waals surface area contributed by atoms with E-state index < -0.39 is 11.6 Å². The van der Waals surface area contributed by atoms with E-state index in [9.17, 15) is 24.9 Å². The standard InChI is InChI=1S/C15H15ClO4.C9H9ClO/c1-3-15(20,14(18)19)12-8(2)6-9-4-5-10(16)7-11(9)13(12)17;1-7(11)6-8-2-4-9(10)5-3-8/h4-7,17,20H,3H2,1-2H3,(H,18,19);2-5H,6H2,1H3. The molecule has 0 aliphatic carbocycles. The van der Waals surface area contributed by atoms with Crippen molar-refractivity contribution < 1.29 is 24.9 Å². The van der Waals surface area contributed by atoms with Crippen molar-refractivity contribution in [1.29, 1.82) is 0 Å². The van der Waals surface area contributed by atoms with Gasteiger partial charge in [0, 0.05) is 27.4 Å². The molecule has 3 aromatic carbocycles. The fourth-order valence-electron chi connectivity index (χ4n) is 3.33. The molecule has 0 heterocycles. The Bertz CT molecular complexity index is 1110. The van der Waals surface area contributed by atoms with Crippen LogP contribution in [0.15, 0.2) is 48.5 Å². The molecule has 7 heteroatoms. The summed E-state index contributed by atoms with van der Waals surface area (Å²) in [6, 6.07) is 14.0. The smallest absolute Gasteiger partial charge is 0.340 e. The summed E-state index contributed by atoms with van der Waals surface area (Å²) in [5.41, 5.74) is -0.571. The van der Waals surface area contributed by atoms with E-state index in [1.807, 2.05) is 12.1 Å². The van der Waals surface area contributed by atoms with E-state index >= 15 is 0 Å². The summed E-state index contributed by atoms with van der Waals surface area (Å²) in [4.78, 5) is 22.0.